The number of halogens is 4. The molecule has 0 saturated carbocycles. The van der Waals surface area contributed by atoms with Crippen LogP contribution in [0.25, 0.3) is 0 Å². The Kier molecular flexibility index (Phi) is 8.15. The zero-order valence-electron chi connectivity index (χ0n) is 16.2. The molecule has 0 N–H and O–H groups in total. The second-order valence-corrected chi connectivity index (χ2v) is 9.84. The van der Waals surface area contributed by atoms with E-state index in [1.165, 1.54) is 23.5 Å². The second-order valence-electron chi connectivity index (χ2n) is 6.52. The number of thioether (sulfide) groups is 2. The van der Waals surface area contributed by atoms with Crippen molar-refractivity contribution in [2.24, 2.45) is 0 Å². The third-order valence-electron chi connectivity index (χ3n) is 4.74. The predicted octanol–water partition coefficient (Wildman–Crippen LogP) is 6.34. The van der Waals surface area contributed by atoms with Crippen molar-refractivity contribution < 1.29 is 9.59 Å². The minimum absolute atomic E-state index is 0.147. The van der Waals surface area contributed by atoms with Crippen LogP contribution in [0.4, 0.5) is 0 Å². The van der Waals surface area contributed by atoms with Gasteiger partial charge in [0.15, 0.2) is 0 Å². The molecule has 2 aromatic carbocycles. The first-order valence-corrected chi connectivity index (χ1v) is 12.9. The predicted molar refractivity (Wildman–Crippen MR) is 128 cm³/mol. The summed E-state index contributed by atoms with van der Waals surface area (Å²) < 4.78 is 0. The fraction of sp³-hybridized carbons (Fsp3) is 0.300. The van der Waals surface area contributed by atoms with Gasteiger partial charge in [-0.05, 0) is 36.8 Å². The Hall–Kier alpha value is -0.760. The fourth-order valence-electron chi connectivity index (χ4n) is 3.31. The van der Waals surface area contributed by atoms with Gasteiger partial charge in [0.25, 0.3) is 11.8 Å². The molecule has 1 saturated heterocycles. The molecule has 10 heteroatoms. The SMILES string of the molecule is CSc1c(Cl)cc(Cl)cc1C(=O)N1CCN(C(=O)c2cc(Cl)cc(Cl)c2SC)CC1. The topological polar surface area (TPSA) is 40.6 Å². The lowest BCUT2D eigenvalue weighted by Gasteiger charge is -2.35. The van der Waals surface area contributed by atoms with Crippen LogP contribution in [0.1, 0.15) is 20.7 Å². The van der Waals surface area contributed by atoms with E-state index in [0.29, 0.717) is 67.2 Å². The normalized spacial score (nSPS) is 14.2. The molecule has 2 aromatic rings. The van der Waals surface area contributed by atoms with Crippen LogP contribution in [0.3, 0.4) is 0 Å². The molecule has 0 unspecified atom stereocenters. The van der Waals surface area contributed by atoms with Crippen molar-refractivity contribution in [1.82, 2.24) is 9.80 Å². The molecule has 0 atom stereocenters. The van der Waals surface area contributed by atoms with Crippen molar-refractivity contribution in [1.29, 1.82) is 0 Å². The third kappa shape index (κ3) is 5.00. The Morgan fingerprint density at radius 2 is 1.03 bits per heavy atom. The van der Waals surface area contributed by atoms with E-state index in [4.69, 9.17) is 46.4 Å². The molecule has 4 nitrogen and oxygen atoms in total. The van der Waals surface area contributed by atoms with E-state index in [2.05, 4.69) is 0 Å². The first-order chi connectivity index (χ1) is 14.3. The number of hydrogen-bond acceptors (Lipinski definition) is 4. The van der Waals surface area contributed by atoms with E-state index < -0.39 is 0 Å². The highest BCUT2D eigenvalue weighted by Gasteiger charge is 2.29. The first kappa shape index (κ1) is 23.9. The minimum Gasteiger partial charge on any atom is -0.335 e. The number of carbonyl (C=O) groups is 2. The summed E-state index contributed by atoms with van der Waals surface area (Å²) in [5, 5.41) is 1.74. The Morgan fingerprint density at radius 3 is 1.33 bits per heavy atom. The molecule has 0 aromatic heterocycles. The van der Waals surface area contributed by atoms with Crippen molar-refractivity contribution in [3.05, 3.63) is 55.5 Å². The van der Waals surface area contributed by atoms with Crippen LogP contribution in [0.15, 0.2) is 34.1 Å². The van der Waals surface area contributed by atoms with Crippen LogP contribution in [0.2, 0.25) is 20.1 Å². The molecule has 1 fully saturated rings. The Balaban J connectivity index is 1.76. The molecular weight excluding hydrogens is 506 g/mol. The summed E-state index contributed by atoms with van der Waals surface area (Å²) in [6.45, 7) is 1.63. The lowest BCUT2D eigenvalue weighted by Crippen LogP contribution is -2.50. The van der Waals surface area contributed by atoms with Crippen LogP contribution in [0.5, 0.6) is 0 Å². The first-order valence-electron chi connectivity index (χ1n) is 8.91. The molecule has 2 amide bonds. The third-order valence-corrected chi connectivity index (χ3v) is 7.69. The Labute approximate surface area is 204 Å². The highest BCUT2D eigenvalue weighted by atomic mass is 35.5. The average Bonchev–Trinajstić information content (AvgIpc) is 2.71. The van der Waals surface area contributed by atoms with Gasteiger partial charge in [0.05, 0.1) is 21.2 Å². The van der Waals surface area contributed by atoms with Gasteiger partial charge in [-0.25, -0.2) is 0 Å². The highest BCUT2D eigenvalue weighted by Crippen LogP contribution is 2.34. The zero-order valence-corrected chi connectivity index (χ0v) is 20.8. The summed E-state index contributed by atoms with van der Waals surface area (Å²) in [7, 11) is 0. The van der Waals surface area contributed by atoms with Crippen LogP contribution in [0, 0.1) is 0 Å². The molecule has 0 spiro atoms. The number of benzene rings is 2. The van der Waals surface area contributed by atoms with Gasteiger partial charge in [-0.3, -0.25) is 9.59 Å². The van der Waals surface area contributed by atoms with Crippen molar-refractivity contribution in [2.45, 2.75) is 9.79 Å². The maximum atomic E-state index is 13.1. The molecule has 0 aliphatic carbocycles. The standard InChI is InChI=1S/C20H18Cl4N2O2S2/c1-29-17-13(7-11(21)9-15(17)23)19(27)25-3-5-26(6-4-25)20(28)14-8-12(22)10-16(24)18(14)30-2/h7-10H,3-6H2,1-2H3. The lowest BCUT2D eigenvalue weighted by molar-refractivity contribution is 0.0532. The van der Waals surface area contributed by atoms with Gasteiger partial charge in [0.1, 0.15) is 0 Å². The van der Waals surface area contributed by atoms with Crippen molar-refractivity contribution in [3.8, 4) is 0 Å². The largest absolute Gasteiger partial charge is 0.335 e. The highest BCUT2D eigenvalue weighted by molar-refractivity contribution is 7.99. The number of carbonyl (C=O) groups excluding carboxylic acids is 2. The van der Waals surface area contributed by atoms with Crippen molar-refractivity contribution in [2.75, 3.05) is 38.7 Å². The monoisotopic (exact) mass is 522 g/mol. The van der Waals surface area contributed by atoms with E-state index in [-0.39, 0.29) is 11.8 Å². The molecular formula is C20H18Cl4N2O2S2. The van der Waals surface area contributed by atoms with Gasteiger partial charge in [-0.1, -0.05) is 46.4 Å². The molecule has 30 heavy (non-hydrogen) atoms. The summed E-state index contributed by atoms with van der Waals surface area (Å²) in [4.78, 5) is 31.0. The lowest BCUT2D eigenvalue weighted by atomic mass is 10.1. The smallest absolute Gasteiger partial charge is 0.255 e. The molecule has 0 radical (unpaired) electrons. The number of hydrogen-bond donors (Lipinski definition) is 0. The Morgan fingerprint density at radius 1 is 0.700 bits per heavy atom. The number of rotatable bonds is 4. The van der Waals surface area contributed by atoms with Gasteiger partial charge in [-0.15, -0.1) is 23.5 Å². The maximum Gasteiger partial charge on any atom is 0.255 e. The van der Waals surface area contributed by atoms with Crippen LogP contribution >= 0.6 is 69.9 Å². The number of amides is 2. The average molecular weight is 524 g/mol. The van der Waals surface area contributed by atoms with E-state index in [9.17, 15) is 9.59 Å². The summed E-state index contributed by atoms with van der Waals surface area (Å²) in [6, 6.07) is 6.53. The number of nitrogens with zero attached hydrogens (tertiary/aromatic N) is 2. The Bertz CT molecular complexity index is 916. The fourth-order valence-corrected chi connectivity index (χ4v) is 6.00. The van der Waals surface area contributed by atoms with Crippen LogP contribution in [-0.2, 0) is 0 Å². The van der Waals surface area contributed by atoms with Crippen LogP contribution < -0.4 is 0 Å². The van der Waals surface area contributed by atoms with E-state index >= 15 is 0 Å². The van der Waals surface area contributed by atoms with Gasteiger partial charge in [0, 0.05) is 46.0 Å². The summed E-state index contributed by atoms with van der Waals surface area (Å²) >= 11 is 27.5. The van der Waals surface area contributed by atoms with E-state index in [0.717, 1.165) is 0 Å². The zero-order chi connectivity index (χ0) is 22.0. The molecule has 1 aliphatic heterocycles. The molecule has 3 rings (SSSR count). The van der Waals surface area contributed by atoms with Gasteiger partial charge >= 0.3 is 0 Å². The van der Waals surface area contributed by atoms with Gasteiger partial charge in [0.2, 0.25) is 0 Å². The number of piperazine rings is 1. The van der Waals surface area contributed by atoms with Crippen molar-refractivity contribution in [3.63, 3.8) is 0 Å². The molecule has 0 bridgehead atoms. The second kappa shape index (κ2) is 10.2. The quantitative estimate of drug-likeness (QED) is 0.438. The summed E-state index contributed by atoms with van der Waals surface area (Å²) in [5.41, 5.74) is 0.956. The molecule has 1 heterocycles. The van der Waals surface area contributed by atoms with E-state index in [1.807, 2.05) is 12.5 Å². The van der Waals surface area contributed by atoms with Crippen LogP contribution in [-0.4, -0.2) is 60.3 Å². The summed E-state index contributed by atoms with van der Waals surface area (Å²) in [5.74, 6) is -0.294. The maximum absolute atomic E-state index is 13.1. The molecule has 1 aliphatic rings. The summed E-state index contributed by atoms with van der Waals surface area (Å²) in [6.07, 6.45) is 3.73. The van der Waals surface area contributed by atoms with Gasteiger partial charge in [-0.2, -0.15) is 0 Å². The minimum atomic E-state index is -0.147. The van der Waals surface area contributed by atoms with E-state index in [1.54, 1.807) is 34.1 Å². The molecule has 160 valence electrons. The van der Waals surface area contributed by atoms with Crippen molar-refractivity contribution >= 4 is 81.7 Å². The van der Waals surface area contributed by atoms with Gasteiger partial charge < -0.3 is 9.80 Å².